The molecule has 3 atom stereocenters. The second kappa shape index (κ2) is 5.35. The number of amides is 1. The van der Waals surface area contributed by atoms with Gasteiger partial charge in [-0.15, -0.1) is 0 Å². The number of ether oxygens (including phenoxy) is 1. The lowest BCUT2D eigenvalue weighted by atomic mass is 9.93. The van der Waals surface area contributed by atoms with Crippen molar-refractivity contribution in [2.24, 2.45) is 5.92 Å². The van der Waals surface area contributed by atoms with Gasteiger partial charge in [0.15, 0.2) is 6.10 Å². The van der Waals surface area contributed by atoms with Gasteiger partial charge < -0.3 is 15.0 Å². The van der Waals surface area contributed by atoms with E-state index < -0.39 is 6.10 Å². The van der Waals surface area contributed by atoms with Gasteiger partial charge in [0, 0.05) is 12.6 Å². The molecule has 1 N–H and O–H groups in total. The van der Waals surface area contributed by atoms with Gasteiger partial charge in [-0.25, -0.2) is 0 Å². The maximum Gasteiger partial charge on any atom is 0.265 e. The summed E-state index contributed by atoms with van der Waals surface area (Å²) in [7, 11) is 0. The van der Waals surface area contributed by atoms with Crippen LogP contribution in [0.1, 0.15) is 26.7 Å². The fourth-order valence-corrected chi connectivity index (χ4v) is 3.17. The molecule has 20 heavy (non-hydrogen) atoms. The van der Waals surface area contributed by atoms with Gasteiger partial charge in [0.25, 0.3) is 5.91 Å². The summed E-state index contributed by atoms with van der Waals surface area (Å²) >= 11 is 0. The van der Waals surface area contributed by atoms with Crippen LogP contribution in [0.3, 0.4) is 0 Å². The van der Waals surface area contributed by atoms with E-state index >= 15 is 0 Å². The highest BCUT2D eigenvalue weighted by Crippen LogP contribution is 2.30. The highest BCUT2D eigenvalue weighted by molar-refractivity contribution is 5.83. The molecule has 0 bridgehead atoms. The van der Waals surface area contributed by atoms with Crippen molar-refractivity contribution < 1.29 is 9.53 Å². The number of benzene rings is 1. The first kappa shape index (κ1) is 13.3. The lowest BCUT2D eigenvalue weighted by Crippen LogP contribution is -2.52. The van der Waals surface area contributed by atoms with Gasteiger partial charge in [-0.1, -0.05) is 19.1 Å². The number of carbonyl (C=O) groups excluding carboxylic acids is 1. The summed E-state index contributed by atoms with van der Waals surface area (Å²) in [6, 6.07) is 8.08. The molecule has 1 aromatic carbocycles. The second-order valence-electron chi connectivity index (χ2n) is 5.99. The topological polar surface area (TPSA) is 41.6 Å². The molecule has 108 valence electrons. The van der Waals surface area contributed by atoms with E-state index in [1.807, 2.05) is 29.2 Å². The minimum absolute atomic E-state index is 0.117. The first-order valence-corrected chi connectivity index (χ1v) is 7.45. The Hall–Kier alpha value is -1.71. The van der Waals surface area contributed by atoms with Gasteiger partial charge in [0.1, 0.15) is 5.75 Å². The Morgan fingerprint density at radius 2 is 2.15 bits per heavy atom. The van der Waals surface area contributed by atoms with E-state index in [9.17, 15) is 4.79 Å². The minimum Gasteiger partial charge on any atom is -0.477 e. The maximum absolute atomic E-state index is 12.6. The van der Waals surface area contributed by atoms with Crippen LogP contribution in [0.25, 0.3) is 0 Å². The van der Waals surface area contributed by atoms with Crippen molar-refractivity contribution in [1.82, 2.24) is 4.90 Å². The number of fused-ring (bicyclic) bond motifs is 1. The second-order valence-corrected chi connectivity index (χ2v) is 5.99. The van der Waals surface area contributed by atoms with Crippen molar-refractivity contribution in [3.8, 4) is 5.75 Å². The summed E-state index contributed by atoms with van der Waals surface area (Å²) in [5, 5.41) is 3.28. The smallest absolute Gasteiger partial charge is 0.265 e. The largest absolute Gasteiger partial charge is 0.477 e. The van der Waals surface area contributed by atoms with E-state index in [0.29, 0.717) is 18.5 Å². The van der Waals surface area contributed by atoms with Crippen LogP contribution in [0.2, 0.25) is 0 Å². The number of carbonyl (C=O) groups is 1. The molecule has 1 aromatic rings. The van der Waals surface area contributed by atoms with Crippen LogP contribution < -0.4 is 10.1 Å². The molecule has 4 heteroatoms. The van der Waals surface area contributed by atoms with E-state index in [-0.39, 0.29) is 5.91 Å². The molecule has 0 saturated carbocycles. The van der Waals surface area contributed by atoms with Crippen molar-refractivity contribution >= 4 is 11.6 Å². The first-order chi connectivity index (χ1) is 9.65. The third-order valence-corrected chi connectivity index (χ3v) is 4.33. The molecule has 0 spiro atoms. The predicted octanol–water partition coefficient (Wildman–Crippen LogP) is 2.51. The van der Waals surface area contributed by atoms with Gasteiger partial charge in [-0.2, -0.15) is 0 Å². The number of anilines is 1. The summed E-state index contributed by atoms with van der Waals surface area (Å²) < 4.78 is 5.87. The Kier molecular flexibility index (Phi) is 3.55. The van der Waals surface area contributed by atoms with E-state index in [4.69, 9.17) is 4.74 Å². The van der Waals surface area contributed by atoms with Gasteiger partial charge in [-0.3, -0.25) is 4.79 Å². The standard InChI is InChI=1S/C16H22N2O2/c1-11-7-8-18(12(2)9-11)16(19)15-10-17-13-5-3-4-6-14(13)20-15/h3-6,11-12,15,17H,7-10H2,1-2H3. The van der Waals surface area contributed by atoms with Crippen molar-refractivity contribution in [3.63, 3.8) is 0 Å². The zero-order chi connectivity index (χ0) is 14.1. The number of hydrogen-bond acceptors (Lipinski definition) is 3. The maximum atomic E-state index is 12.6. The molecule has 2 heterocycles. The monoisotopic (exact) mass is 274 g/mol. The number of para-hydroxylation sites is 2. The average molecular weight is 274 g/mol. The molecule has 1 fully saturated rings. The van der Waals surface area contributed by atoms with Crippen molar-refractivity contribution in [3.05, 3.63) is 24.3 Å². The number of piperidine rings is 1. The Morgan fingerprint density at radius 1 is 1.35 bits per heavy atom. The Morgan fingerprint density at radius 3 is 2.95 bits per heavy atom. The van der Waals surface area contributed by atoms with Crippen molar-refractivity contribution in [1.29, 1.82) is 0 Å². The summed E-state index contributed by atoms with van der Waals surface area (Å²) in [6.45, 7) is 5.79. The van der Waals surface area contributed by atoms with E-state index in [1.165, 1.54) is 0 Å². The van der Waals surface area contributed by atoms with Crippen LogP contribution in [0.15, 0.2) is 24.3 Å². The van der Waals surface area contributed by atoms with Crippen molar-refractivity contribution in [2.45, 2.75) is 38.8 Å². The molecule has 0 radical (unpaired) electrons. The summed E-state index contributed by atoms with van der Waals surface area (Å²) in [4.78, 5) is 14.6. The zero-order valence-electron chi connectivity index (χ0n) is 12.1. The number of likely N-dealkylation sites (tertiary alicyclic amines) is 1. The summed E-state index contributed by atoms with van der Waals surface area (Å²) in [5.41, 5.74) is 0.969. The predicted molar refractivity (Wildman–Crippen MR) is 78.9 cm³/mol. The number of rotatable bonds is 1. The van der Waals surface area contributed by atoms with E-state index in [0.717, 1.165) is 30.8 Å². The lowest BCUT2D eigenvalue weighted by molar-refractivity contribution is -0.142. The van der Waals surface area contributed by atoms with Gasteiger partial charge in [-0.05, 0) is 37.8 Å². The highest BCUT2D eigenvalue weighted by atomic mass is 16.5. The van der Waals surface area contributed by atoms with Gasteiger partial charge in [0.2, 0.25) is 0 Å². The Balaban J connectivity index is 1.70. The first-order valence-electron chi connectivity index (χ1n) is 7.45. The van der Waals surface area contributed by atoms with Gasteiger partial charge >= 0.3 is 0 Å². The molecule has 4 nitrogen and oxygen atoms in total. The van der Waals surface area contributed by atoms with Crippen LogP contribution in [-0.2, 0) is 4.79 Å². The average Bonchev–Trinajstić information content (AvgIpc) is 2.46. The molecule has 1 saturated heterocycles. The molecule has 1 amide bonds. The Bertz CT molecular complexity index is 503. The molecular weight excluding hydrogens is 252 g/mol. The Labute approximate surface area is 120 Å². The van der Waals surface area contributed by atoms with Gasteiger partial charge in [0.05, 0.1) is 12.2 Å². The minimum atomic E-state index is -0.402. The molecular formula is C16H22N2O2. The summed E-state index contributed by atoms with van der Waals surface area (Å²) in [5.74, 6) is 1.60. The SMILES string of the molecule is CC1CCN(C(=O)C2CNc3ccccc3O2)C(C)C1. The lowest BCUT2D eigenvalue weighted by Gasteiger charge is -2.39. The fourth-order valence-electron chi connectivity index (χ4n) is 3.17. The number of hydrogen-bond donors (Lipinski definition) is 1. The molecule has 3 rings (SSSR count). The third kappa shape index (κ3) is 2.47. The van der Waals surface area contributed by atoms with Crippen LogP contribution in [0, 0.1) is 5.92 Å². The van der Waals surface area contributed by atoms with Crippen LogP contribution in [0.4, 0.5) is 5.69 Å². The summed E-state index contributed by atoms with van der Waals surface area (Å²) in [6.07, 6.45) is 1.77. The highest BCUT2D eigenvalue weighted by Gasteiger charge is 2.34. The van der Waals surface area contributed by atoms with Crippen LogP contribution in [0.5, 0.6) is 5.75 Å². The van der Waals surface area contributed by atoms with E-state index in [2.05, 4.69) is 19.2 Å². The number of nitrogens with one attached hydrogen (secondary N) is 1. The third-order valence-electron chi connectivity index (χ3n) is 4.33. The van der Waals surface area contributed by atoms with Crippen LogP contribution >= 0.6 is 0 Å². The normalized spacial score (nSPS) is 29.1. The number of nitrogens with zero attached hydrogens (tertiary/aromatic N) is 1. The molecule has 0 aromatic heterocycles. The van der Waals surface area contributed by atoms with Crippen molar-refractivity contribution in [2.75, 3.05) is 18.4 Å². The molecule has 2 aliphatic rings. The zero-order valence-corrected chi connectivity index (χ0v) is 12.1. The van der Waals surface area contributed by atoms with E-state index in [1.54, 1.807) is 0 Å². The molecule has 0 aliphatic carbocycles. The quantitative estimate of drug-likeness (QED) is 0.855. The molecule has 2 aliphatic heterocycles. The van der Waals surface area contributed by atoms with Crippen LogP contribution in [-0.4, -0.2) is 36.0 Å². The fraction of sp³-hybridized carbons (Fsp3) is 0.562. The molecule has 3 unspecified atom stereocenters.